The fraction of sp³-hybridized carbons (Fsp3) is 0.200. The van der Waals surface area contributed by atoms with Gasteiger partial charge in [-0.25, -0.2) is 4.39 Å². The average Bonchev–Trinajstić information content (AvgIpc) is 2.55. The van der Waals surface area contributed by atoms with E-state index >= 15 is 0 Å². The zero-order valence-electron chi connectivity index (χ0n) is 13.0. The summed E-state index contributed by atoms with van der Waals surface area (Å²) in [7, 11) is 0. The number of aliphatic hydroxyl groups is 2. The molecule has 2 atom stereocenters. The van der Waals surface area contributed by atoms with Gasteiger partial charge in [-0.1, -0.05) is 36.4 Å². The summed E-state index contributed by atoms with van der Waals surface area (Å²) in [5.41, 5.74) is 4.79. The van der Waals surface area contributed by atoms with Crippen LogP contribution in [-0.4, -0.2) is 10.2 Å². The normalized spacial score (nSPS) is 19.5. The predicted molar refractivity (Wildman–Crippen MR) is 88.7 cm³/mol. The number of aryl methyl sites for hydroxylation is 2. The van der Waals surface area contributed by atoms with Crippen LogP contribution in [0.4, 0.5) is 4.39 Å². The van der Waals surface area contributed by atoms with Gasteiger partial charge in [0.15, 0.2) is 0 Å². The molecule has 0 amide bonds. The van der Waals surface area contributed by atoms with Gasteiger partial charge >= 0.3 is 0 Å². The zero-order valence-corrected chi connectivity index (χ0v) is 13.0. The summed E-state index contributed by atoms with van der Waals surface area (Å²) in [5, 5.41) is 22.5. The highest BCUT2D eigenvalue weighted by Gasteiger charge is 2.34. The molecule has 0 bridgehead atoms. The second-order valence-corrected chi connectivity index (χ2v) is 6.18. The molecule has 0 fully saturated rings. The third-order valence-corrected chi connectivity index (χ3v) is 4.98. The van der Waals surface area contributed by atoms with Crippen LogP contribution < -0.4 is 0 Å². The van der Waals surface area contributed by atoms with Gasteiger partial charge in [0.05, 0.1) is 0 Å². The van der Waals surface area contributed by atoms with Crippen molar-refractivity contribution in [1.82, 2.24) is 0 Å². The summed E-state index contributed by atoms with van der Waals surface area (Å²) in [6.07, 6.45) is -2.05. The van der Waals surface area contributed by atoms with Crippen LogP contribution in [0, 0.1) is 19.7 Å². The molecule has 1 aliphatic rings. The second kappa shape index (κ2) is 4.88. The summed E-state index contributed by atoms with van der Waals surface area (Å²) < 4.78 is 14.4. The van der Waals surface area contributed by atoms with Crippen LogP contribution in [0.2, 0.25) is 0 Å². The summed E-state index contributed by atoms with van der Waals surface area (Å²) in [6, 6.07) is 12.6. The van der Waals surface area contributed by atoms with Crippen LogP contribution >= 0.6 is 0 Å². The van der Waals surface area contributed by atoms with Gasteiger partial charge in [-0.15, -0.1) is 0 Å². The molecule has 3 heteroatoms. The predicted octanol–water partition coefficient (Wildman–Crippen LogP) is 4.34. The fourth-order valence-corrected chi connectivity index (χ4v) is 3.90. The summed E-state index contributed by atoms with van der Waals surface area (Å²) in [5.74, 6) is -0.300. The molecule has 0 aliphatic heterocycles. The maximum atomic E-state index is 14.4. The van der Waals surface area contributed by atoms with Crippen LogP contribution in [0.3, 0.4) is 0 Å². The van der Waals surface area contributed by atoms with E-state index in [9.17, 15) is 14.6 Å². The van der Waals surface area contributed by atoms with Gasteiger partial charge in [0, 0.05) is 5.39 Å². The van der Waals surface area contributed by atoms with Crippen LogP contribution in [-0.2, 0) is 0 Å². The van der Waals surface area contributed by atoms with Gasteiger partial charge in [-0.2, -0.15) is 0 Å². The Bertz CT molecular complexity index is 946. The molecule has 0 saturated carbocycles. The molecule has 3 aromatic rings. The minimum Gasteiger partial charge on any atom is -0.385 e. The van der Waals surface area contributed by atoms with Crippen LogP contribution in [0.5, 0.6) is 0 Å². The van der Waals surface area contributed by atoms with E-state index in [2.05, 4.69) is 0 Å². The van der Waals surface area contributed by atoms with E-state index in [-0.39, 0.29) is 5.82 Å². The van der Waals surface area contributed by atoms with Crippen LogP contribution in [0.15, 0.2) is 42.5 Å². The van der Waals surface area contributed by atoms with E-state index in [1.807, 2.05) is 44.2 Å². The molecule has 116 valence electrons. The molecule has 2 N–H and O–H groups in total. The van der Waals surface area contributed by atoms with Gasteiger partial charge in [0.1, 0.15) is 18.0 Å². The lowest BCUT2D eigenvalue weighted by Gasteiger charge is -2.32. The zero-order chi connectivity index (χ0) is 16.3. The molecule has 1 aliphatic carbocycles. The maximum absolute atomic E-state index is 14.4. The Morgan fingerprint density at radius 3 is 2.39 bits per heavy atom. The smallest absolute Gasteiger partial charge is 0.131 e. The highest BCUT2D eigenvalue weighted by molar-refractivity contribution is 5.97. The van der Waals surface area contributed by atoms with Crippen molar-refractivity contribution in [1.29, 1.82) is 0 Å². The monoisotopic (exact) mass is 308 g/mol. The number of aliphatic hydroxyl groups excluding tert-OH is 2. The van der Waals surface area contributed by atoms with E-state index in [1.165, 1.54) is 6.07 Å². The number of hydrogen-bond acceptors (Lipinski definition) is 2. The molecule has 0 aromatic heterocycles. The standard InChI is InChI=1S/C20H17FO2/c1-10-12-8-5-9-15(21)16(12)11(2)18-17(10)13-6-3-4-7-14(13)19(22)20(18)23/h3-9,19-20,22-23H,1-2H3. The Labute approximate surface area is 133 Å². The van der Waals surface area contributed by atoms with Crippen molar-refractivity contribution in [2.45, 2.75) is 26.1 Å². The number of benzene rings is 3. The molecule has 3 aromatic carbocycles. The Morgan fingerprint density at radius 2 is 1.61 bits per heavy atom. The Hall–Kier alpha value is -2.23. The van der Waals surface area contributed by atoms with E-state index in [0.29, 0.717) is 22.1 Å². The van der Waals surface area contributed by atoms with E-state index in [1.54, 1.807) is 6.07 Å². The van der Waals surface area contributed by atoms with Gasteiger partial charge in [0.25, 0.3) is 0 Å². The van der Waals surface area contributed by atoms with E-state index < -0.39 is 12.2 Å². The topological polar surface area (TPSA) is 40.5 Å². The van der Waals surface area contributed by atoms with E-state index in [0.717, 1.165) is 22.1 Å². The minimum atomic E-state index is -1.05. The number of hydrogen-bond donors (Lipinski definition) is 2. The van der Waals surface area contributed by atoms with Crippen molar-refractivity contribution in [3.63, 3.8) is 0 Å². The molecule has 0 spiro atoms. The first-order chi connectivity index (χ1) is 11.0. The average molecular weight is 308 g/mol. The first-order valence-electron chi connectivity index (χ1n) is 7.69. The molecule has 0 radical (unpaired) electrons. The van der Waals surface area contributed by atoms with Crippen molar-refractivity contribution >= 4 is 10.8 Å². The number of halogens is 1. The van der Waals surface area contributed by atoms with Crippen molar-refractivity contribution < 1.29 is 14.6 Å². The third kappa shape index (κ3) is 1.81. The summed E-state index contributed by atoms with van der Waals surface area (Å²) in [6.45, 7) is 3.76. The lowest BCUT2D eigenvalue weighted by molar-refractivity contribution is 0.0155. The number of rotatable bonds is 0. The highest BCUT2D eigenvalue weighted by atomic mass is 19.1. The third-order valence-electron chi connectivity index (χ3n) is 4.98. The van der Waals surface area contributed by atoms with Gasteiger partial charge < -0.3 is 10.2 Å². The van der Waals surface area contributed by atoms with Gasteiger partial charge in [-0.05, 0) is 58.7 Å². The lowest BCUT2D eigenvalue weighted by Crippen LogP contribution is -2.19. The molecule has 4 rings (SSSR count). The molecule has 0 heterocycles. The van der Waals surface area contributed by atoms with Gasteiger partial charge in [0.2, 0.25) is 0 Å². The second-order valence-electron chi connectivity index (χ2n) is 6.18. The molecule has 2 nitrogen and oxygen atoms in total. The molecule has 0 saturated heterocycles. The van der Waals surface area contributed by atoms with Crippen molar-refractivity contribution in [2.75, 3.05) is 0 Å². The van der Waals surface area contributed by atoms with E-state index in [4.69, 9.17) is 0 Å². The first kappa shape index (κ1) is 14.4. The van der Waals surface area contributed by atoms with Crippen molar-refractivity contribution in [2.24, 2.45) is 0 Å². The Morgan fingerprint density at radius 1 is 0.870 bits per heavy atom. The van der Waals surface area contributed by atoms with Crippen molar-refractivity contribution in [3.05, 3.63) is 70.5 Å². The van der Waals surface area contributed by atoms with Gasteiger partial charge in [-0.3, -0.25) is 0 Å². The molecular weight excluding hydrogens is 291 g/mol. The molecule has 2 unspecified atom stereocenters. The Balaban J connectivity index is 2.23. The maximum Gasteiger partial charge on any atom is 0.131 e. The largest absolute Gasteiger partial charge is 0.385 e. The van der Waals surface area contributed by atoms with Crippen LogP contribution in [0.25, 0.3) is 21.9 Å². The number of fused-ring (bicyclic) bond motifs is 4. The highest BCUT2D eigenvalue weighted by Crippen LogP contribution is 2.49. The Kier molecular flexibility index (Phi) is 3.05. The molecule has 23 heavy (non-hydrogen) atoms. The fourth-order valence-electron chi connectivity index (χ4n) is 3.90. The SMILES string of the molecule is Cc1c2c(c(C)c3c(F)cccc13)C(O)C(O)c1ccccc1-2. The van der Waals surface area contributed by atoms with Crippen molar-refractivity contribution in [3.8, 4) is 11.1 Å². The molecular formula is C20H17FO2. The lowest BCUT2D eigenvalue weighted by atomic mass is 9.76. The van der Waals surface area contributed by atoms with Crippen LogP contribution in [0.1, 0.15) is 34.5 Å². The quantitative estimate of drug-likeness (QED) is 0.648. The first-order valence-corrected chi connectivity index (χ1v) is 7.69. The minimum absolute atomic E-state index is 0.300. The summed E-state index contributed by atoms with van der Waals surface area (Å²) >= 11 is 0. The summed E-state index contributed by atoms with van der Waals surface area (Å²) in [4.78, 5) is 0.